The fraction of sp³-hybridized carbons (Fsp3) is 0.231. The summed E-state index contributed by atoms with van der Waals surface area (Å²) in [5.74, 6) is 0.428. The molecule has 0 fully saturated rings. The first-order chi connectivity index (χ1) is 8.59. The summed E-state index contributed by atoms with van der Waals surface area (Å²) in [5.41, 5.74) is 1.08. The van der Waals surface area contributed by atoms with E-state index in [0.29, 0.717) is 5.75 Å². The van der Waals surface area contributed by atoms with Crippen LogP contribution in [0.15, 0.2) is 49.6 Å². The summed E-state index contributed by atoms with van der Waals surface area (Å²) < 4.78 is 27.6. The number of phosphoric acid groups is 1. The van der Waals surface area contributed by atoms with E-state index < -0.39 is 7.82 Å². The second-order valence-corrected chi connectivity index (χ2v) is 5.11. The van der Waals surface area contributed by atoms with Crippen molar-refractivity contribution in [2.75, 3.05) is 13.2 Å². The molecule has 5 heteroatoms. The van der Waals surface area contributed by atoms with E-state index >= 15 is 0 Å². The van der Waals surface area contributed by atoms with Crippen LogP contribution in [-0.2, 0) is 13.6 Å². The van der Waals surface area contributed by atoms with Crippen LogP contribution in [0.3, 0.4) is 0 Å². The average molecular weight is 268 g/mol. The van der Waals surface area contributed by atoms with Gasteiger partial charge in [-0.3, -0.25) is 9.05 Å². The molecule has 0 aromatic heterocycles. The predicted octanol–water partition coefficient (Wildman–Crippen LogP) is 3.89. The highest BCUT2D eigenvalue weighted by Crippen LogP contribution is 2.49. The molecule has 0 radical (unpaired) electrons. The Balaban J connectivity index is 2.76. The topological polar surface area (TPSA) is 44.8 Å². The SMILES string of the molecule is C=CCOP(=O)(OCC=C)Oc1ccc(C)cc1. The van der Waals surface area contributed by atoms with Crippen LogP contribution in [0.5, 0.6) is 5.75 Å². The van der Waals surface area contributed by atoms with E-state index in [1.807, 2.05) is 19.1 Å². The van der Waals surface area contributed by atoms with Gasteiger partial charge in [-0.2, -0.15) is 0 Å². The third-order valence-electron chi connectivity index (χ3n) is 1.94. The quantitative estimate of drug-likeness (QED) is 0.530. The largest absolute Gasteiger partial charge is 0.530 e. The molecule has 0 unspecified atom stereocenters. The van der Waals surface area contributed by atoms with Crippen LogP contribution >= 0.6 is 7.82 Å². The van der Waals surface area contributed by atoms with Crippen LogP contribution < -0.4 is 4.52 Å². The maximum Gasteiger partial charge on any atom is 0.530 e. The monoisotopic (exact) mass is 268 g/mol. The molecule has 0 saturated carbocycles. The highest BCUT2D eigenvalue weighted by molar-refractivity contribution is 7.48. The third-order valence-corrected chi connectivity index (χ3v) is 3.30. The van der Waals surface area contributed by atoms with Gasteiger partial charge in [0.2, 0.25) is 0 Å². The van der Waals surface area contributed by atoms with Crippen LogP contribution in [0, 0.1) is 6.92 Å². The van der Waals surface area contributed by atoms with Crippen molar-refractivity contribution in [3.8, 4) is 5.75 Å². The minimum Gasteiger partial charge on any atom is -0.404 e. The maximum atomic E-state index is 12.2. The highest BCUT2D eigenvalue weighted by Gasteiger charge is 2.27. The van der Waals surface area contributed by atoms with E-state index in [-0.39, 0.29) is 13.2 Å². The van der Waals surface area contributed by atoms with E-state index in [1.54, 1.807) is 12.1 Å². The zero-order valence-corrected chi connectivity index (χ0v) is 11.3. The van der Waals surface area contributed by atoms with Gasteiger partial charge in [-0.05, 0) is 19.1 Å². The average Bonchev–Trinajstić information content (AvgIpc) is 2.37. The zero-order valence-electron chi connectivity index (χ0n) is 10.4. The van der Waals surface area contributed by atoms with Crippen molar-refractivity contribution in [1.29, 1.82) is 0 Å². The predicted molar refractivity (Wildman–Crippen MR) is 71.7 cm³/mol. The van der Waals surface area contributed by atoms with Gasteiger partial charge in [0.15, 0.2) is 0 Å². The van der Waals surface area contributed by atoms with E-state index in [4.69, 9.17) is 13.6 Å². The van der Waals surface area contributed by atoms with Gasteiger partial charge in [-0.15, -0.1) is 13.2 Å². The molecule has 0 bridgehead atoms. The Morgan fingerprint density at radius 1 is 1.11 bits per heavy atom. The number of aryl methyl sites for hydroxylation is 1. The number of benzene rings is 1. The molecule has 0 aliphatic carbocycles. The Morgan fingerprint density at radius 3 is 2.06 bits per heavy atom. The van der Waals surface area contributed by atoms with Crippen LogP contribution in [0.2, 0.25) is 0 Å². The first kappa shape index (κ1) is 14.7. The summed E-state index contributed by atoms with van der Waals surface area (Å²) in [6.45, 7) is 9.09. The molecule has 0 spiro atoms. The van der Waals surface area contributed by atoms with Gasteiger partial charge in [0, 0.05) is 0 Å². The van der Waals surface area contributed by atoms with Crippen molar-refractivity contribution in [2.24, 2.45) is 0 Å². The normalized spacial score (nSPS) is 10.9. The van der Waals surface area contributed by atoms with Crippen molar-refractivity contribution in [3.63, 3.8) is 0 Å². The summed E-state index contributed by atoms with van der Waals surface area (Å²) in [4.78, 5) is 0. The summed E-state index contributed by atoms with van der Waals surface area (Å²) >= 11 is 0. The second-order valence-electron chi connectivity index (χ2n) is 3.52. The molecule has 0 saturated heterocycles. The minimum absolute atomic E-state index is 0.0836. The lowest BCUT2D eigenvalue weighted by Crippen LogP contribution is -2.03. The van der Waals surface area contributed by atoms with Gasteiger partial charge in [0.25, 0.3) is 0 Å². The standard InChI is InChI=1S/C13H17O4P/c1-4-10-15-18(14,16-11-5-2)17-13-8-6-12(3)7-9-13/h4-9H,1-2,10-11H2,3H3. The first-order valence-corrected chi connectivity index (χ1v) is 6.93. The summed E-state index contributed by atoms with van der Waals surface area (Å²) in [7, 11) is -3.63. The van der Waals surface area contributed by atoms with Crippen molar-refractivity contribution in [1.82, 2.24) is 0 Å². The Kier molecular flexibility index (Phi) is 5.86. The molecule has 18 heavy (non-hydrogen) atoms. The first-order valence-electron chi connectivity index (χ1n) is 5.47. The number of hydrogen-bond donors (Lipinski definition) is 0. The van der Waals surface area contributed by atoms with Crippen LogP contribution in [0.25, 0.3) is 0 Å². The minimum atomic E-state index is -3.63. The molecular weight excluding hydrogens is 251 g/mol. The molecule has 0 N–H and O–H groups in total. The Bertz CT molecular complexity index is 423. The van der Waals surface area contributed by atoms with E-state index in [9.17, 15) is 4.57 Å². The molecule has 4 nitrogen and oxygen atoms in total. The zero-order chi connectivity index (χ0) is 13.4. The van der Waals surface area contributed by atoms with E-state index in [2.05, 4.69) is 13.2 Å². The van der Waals surface area contributed by atoms with Gasteiger partial charge < -0.3 is 4.52 Å². The molecule has 0 atom stereocenters. The van der Waals surface area contributed by atoms with Crippen molar-refractivity contribution in [3.05, 3.63) is 55.1 Å². The summed E-state index contributed by atoms with van der Waals surface area (Å²) in [5, 5.41) is 0. The van der Waals surface area contributed by atoms with Crippen LogP contribution in [-0.4, -0.2) is 13.2 Å². The molecule has 1 aromatic rings. The van der Waals surface area contributed by atoms with Gasteiger partial charge in [0.05, 0.1) is 13.2 Å². The van der Waals surface area contributed by atoms with Crippen LogP contribution in [0.1, 0.15) is 5.56 Å². The molecule has 1 rings (SSSR count). The Morgan fingerprint density at radius 2 is 1.61 bits per heavy atom. The molecule has 1 aromatic carbocycles. The molecular formula is C13H17O4P. The van der Waals surface area contributed by atoms with Crippen molar-refractivity contribution in [2.45, 2.75) is 6.92 Å². The fourth-order valence-corrected chi connectivity index (χ4v) is 2.24. The lowest BCUT2D eigenvalue weighted by Gasteiger charge is -2.17. The van der Waals surface area contributed by atoms with Gasteiger partial charge in [-0.25, -0.2) is 4.57 Å². The fourth-order valence-electron chi connectivity index (χ4n) is 1.11. The Labute approximate surface area is 107 Å². The number of rotatable bonds is 8. The van der Waals surface area contributed by atoms with E-state index in [1.165, 1.54) is 12.2 Å². The molecule has 0 aliphatic heterocycles. The highest BCUT2D eigenvalue weighted by atomic mass is 31.2. The Hall–Kier alpha value is -1.35. The lowest BCUT2D eigenvalue weighted by atomic mass is 10.2. The maximum absolute atomic E-state index is 12.2. The molecule has 0 heterocycles. The molecule has 0 amide bonds. The van der Waals surface area contributed by atoms with Gasteiger partial charge in [0.1, 0.15) is 5.75 Å². The second kappa shape index (κ2) is 7.17. The van der Waals surface area contributed by atoms with Gasteiger partial charge in [-0.1, -0.05) is 29.8 Å². The summed E-state index contributed by atoms with van der Waals surface area (Å²) in [6, 6.07) is 7.11. The smallest absolute Gasteiger partial charge is 0.404 e. The summed E-state index contributed by atoms with van der Waals surface area (Å²) in [6.07, 6.45) is 2.95. The van der Waals surface area contributed by atoms with Gasteiger partial charge >= 0.3 is 7.82 Å². The third kappa shape index (κ3) is 4.88. The number of phosphoric ester groups is 1. The molecule has 98 valence electrons. The van der Waals surface area contributed by atoms with E-state index in [0.717, 1.165) is 5.56 Å². The number of hydrogen-bond acceptors (Lipinski definition) is 4. The molecule has 0 aliphatic rings. The van der Waals surface area contributed by atoms with Crippen molar-refractivity contribution < 1.29 is 18.1 Å². The van der Waals surface area contributed by atoms with Crippen LogP contribution in [0.4, 0.5) is 0 Å². The van der Waals surface area contributed by atoms with Crippen molar-refractivity contribution >= 4 is 7.82 Å². The lowest BCUT2D eigenvalue weighted by molar-refractivity contribution is 0.180.